The van der Waals surface area contributed by atoms with Crippen LogP contribution in [0.25, 0.3) is 0 Å². The van der Waals surface area contributed by atoms with Crippen molar-refractivity contribution in [2.24, 2.45) is 0 Å². The number of hydrogen-bond donors (Lipinski definition) is 1. The van der Waals surface area contributed by atoms with Crippen LogP contribution in [0, 0.1) is 5.82 Å². The van der Waals surface area contributed by atoms with Crippen molar-refractivity contribution >= 4 is 11.8 Å². The van der Waals surface area contributed by atoms with Crippen LogP contribution in [-0.4, -0.2) is 60.4 Å². The number of nitrogen functional groups attached to an aromatic ring is 1. The van der Waals surface area contributed by atoms with Crippen LogP contribution in [0.2, 0.25) is 0 Å². The number of nitrogens with zero attached hydrogens (tertiary/aromatic N) is 1. The largest absolute Gasteiger partial charge is 0.444 e. The Hall–Kier alpha value is -1.90. The van der Waals surface area contributed by atoms with Gasteiger partial charge < -0.3 is 29.6 Å². The molecule has 7 nitrogen and oxygen atoms in total. The maximum atomic E-state index is 14.3. The minimum Gasteiger partial charge on any atom is -0.444 e. The van der Waals surface area contributed by atoms with Crippen LogP contribution in [-0.2, 0) is 25.4 Å². The quantitative estimate of drug-likeness (QED) is 0.700. The second-order valence-electron chi connectivity index (χ2n) is 10.3. The van der Waals surface area contributed by atoms with E-state index in [1.54, 1.807) is 17.0 Å². The van der Waals surface area contributed by atoms with E-state index < -0.39 is 17.0 Å². The second kappa shape index (κ2) is 8.80. The van der Waals surface area contributed by atoms with E-state index in [1.807, 2.05) is 20.8 Å². The third-order valence-electron chi connectivity index (χ3n) is 6.44. The highest BCUT2D eigenvalue weighted by Gasteiger charge is 2.53. The smallest absolute Gasteiger partial charge is 0.410 e. The Kier molecular flexibility index (Phi) is 6.40. The molecule has 3 fully saturated rings. The lowest BCUT2D eigenvalue weighted by molar-refractivity contribution is -0.254. The fourth-order valence-electron chi connectivity index (χ4n) is 5.17. The lowest BCUT2D eigenvalue weighted by atomic mass is 9.79. The van der Waals surface area contributed by atoms with Gasteiger partial charge in [-0.05, 0) is 58.6 Å². The SMILES string of the molecule is CC(C)(C)OC(=O)N1C[C@@H](CCc2c(N)cccc2F)OC2(CCCC3(C2)OCCO3)C1. The summed E-state index contributed by atoms with van der Waals surface area (Å²) in [5.74, 6) is -0.959. The highest BCUT2D eigenvalue weighted by atomic mass is 19.1. The minimum atomic E-state index is -0.643. The molecule has 178 valence electrons. The molecule has 4 rings (SSSR count). The summed E-state index contributed by atoms with van der Waals surface area (Å²) < 4.78 is 38.6. The van der Waals surface area contributed by atoms with E-state index in [-0.39, 0.29) is 18.0 Å². The lowest BCUT2D eigenvalue weighted by Crippen LogP contribution is -2.61. The summed E-state index contributed by atoms with van der Waals surface area (Å²) in [6.45, 7) is 7.53. The molecule has 2 atom stereocenters. The van der Waals surface area contributed by atoms with Gasteiger partial charge in [0.25, 0.3) is 0 Å². The van der Waals surface area contributed by atoms with Crippen molar-refractivity contribution in [1.82, 2.24) is 4.90 Å². The van der Waals surface area contributed by atoms with Crippen molar-refractivity contribution in [1.29, 1.82) is 0 Å². The van der Waals surface area contributed by atoms with Crippen LogP contribution in [0.4, 0.5) is 14.9 Å². The summed E-state index contributed by atoms with van der Waals surface area (Å²) in [7, 11) is 0. The van der Waals surface area contributed by atoms with Gasteiger partial charge in [0.2, 0.25) is 0 Å². The van der Waals surface area contributed by atoms with E-state index in [0.717, 1.165) is 19.3 Å². The van der Waals surface area contributed by atoms with Gasteiger partial charge >= 0.3 is 6.09 Å². The third kappa shape index (κ3) is 5.18. The van der Waals surface area contributed by atoms with E-state index in [4.69, 9.17) is 24.7 Å². The van der Waals surface area contributed by atoms with Crippen LogP contribution in [0.1, 0.15) is 58.4 Å². The molecule has 2 N–H and O–H groups in total. The summed E-state index contributed by atoms with van der Waals surface area (Å²) in [4.78, 5) is 14.7. The molecule has 1 saturated carbocycles. The van der Waals surface area contributed by atoms with E-state index in [0.29, 0.717) is 56.8 Å². The number of amides is 1. The molecule has 2 heterocycles. The summed E-state index contributed by atoms with van der Waals surface area (Å²) in [6.07, 6.45) is 3.42. The summed E-state index contributed by atoms with van der Waals surface area (Å²) in [5, 5.41) is 0. The maximum Gasteiger partial charge on any atom is 0.410 e. The summed E-state index contributed by atoms with van der Waals surface area (Å²) >= 11 is 0. The molecule has 0 aromatic heterocycles. The fourth-order valence-corrected chi connectivity index (χ4v) is 5.17. The minimum absolute atomic E-state index is 0.271. The Morgan fingerprint density at radius 1 is 1.28 bits per heavy atom. The van der Waals surface area contributed by atoms with Crippen molar-refractivity contribution < 1.29 is 28.1 Å². The lowest BCUT2D eigenvalue weighted by Gasteiger charge is -2.51. The van der Waals surface area contributed by atoms with E-state index in [2.05, 4.69) is 0 Å². The molecule has 1 amide bonds. The molecule has 1 aromatic carbocycles. The number of ether oxygens (including phenoxy) is 4. The molecule has 8 heteroatoms. The van der Waals surface area contributed by atoms with Gasteiger partial charge in [-0.15, -0.1) is 0 Å². The van der Waals surface area contributed by atoms with Crippen LogP contribution >= 0.6 is 0 Å². The number of benzene rings is 1. The Morgan fingerprint density at radius 2 is 2.03 bits per heavy atom. The molecule has 0 bridgehead atoms. The first-order chi connectivity index (χ1) is 15.1. The molecule has 1 unspecified atom stereocenters. The monoisotopic (exact) mass is 450 g/mol. The first-order valence-electron chi connectivity index (χ1n) is 11.6. The number of hydrogen-bond acceptors (Lipinski definition) is 6. The molecule has 3 aliphatic rings. The Bertz CT molecular complexity index is 816. The highest BCUT2D eigenvalue weighted by molar-refractivity contribution is 5.68. The van der Waals surface area contributed by atoms with E-state index >= 15 is 0 Å². The predicted molar refractivity (Wildman–Crippen MR) is 118 cm³/mol. The summed E-state index contributed by atoms with van der Waals surface area (Å²) in [5.41, 5.74) is 5.75. The molecule has 2 spiro atoms. The number of halogens is 1. The standard InChI is InChI=1S/C24H35FN2O5/c1-22(2,3)32-21(28)27-14-17(8-9-18-19(25)6-4-7-20(18)26)31-23(16-27)10-5-11-24(15-23)29-12-13-30-24/h4,6-7,17H,5,8-16,26H2,1-3H3/t17-,23?/m1/s1. The average Bonchev–Trinajstić information content (AvgIpc) is 3.13. The third-order valence-corrected chi connectivity index (χ3v) is 6.44. The van der Waals surface area contributed by atoms with Gasteiger partial charge in [-0.3, -0.25) is 0 Å². The van der Waals surface area contributed by atoms with Gasteiger partial charge in [0.05, 0.1) is 38.0 Å². The van der Waals surface area contributed by atoms with Crippen LogP contribution in [0.3, 0.4) is 0 Å². The first kappa shape index (κ1) is 23.3. The van der Waals surface area contributed by atoms with Crippen LogP contribution in [0.5, 0.6) is 0 Å². The predicted octanol–water partition coefficient (Wildman–Crippen LogP) is 4.03. The molecule has 1 aliphatic carbocycles. The van der Waals surface area contributed by atoms with Gasteiger partial charge in [0.1, 0.15) is 11.4 Å². The van der Waals surface area contributed by atoms with Gasteiger partial charge in [-0.1, -0.05) is 6.07 Å². The molecule has 2 aliphatic heterocycles. The highest BCUT2D eigenvalue weighted by Crippen LogP contribution is 2.45. The number of morpholine rings is 1. The van der Waals surface area contributed by atoms with Gasteiger partial charge in [-0.2, -0.15) is 0 Å². The Morgan fingerprint density at radius 3 is 2.72 bits per heavy atom. The number of carbonyl (C=O) groups excluding carboxylic acids is 1. The summed E-state index contributed by atoms with van der Waals surface area (Å²) in [6, 6.07) is 4.73. The van der Waals surface area contributed by atoms with Crippen molar-refractivity contribution in [2.45, 2.75) is 82.4 Å². The fraction of sp³-hybridized carbons (Fsp3) is 0.708. The normalized spacial score (nSPS) is 27.8. The number of anilines is 1. The van der Waals surface area contributed by atoms with Crippen molar-refractivity contribution in [3.63, 3.8) is 0 Å². The average molecular weight is 451 g/mol. The zero-order chi connectivity index (χ0) is 23.0. The van der Waals surface area contributed by atoms with Gasteiger partial charge in [0, 0.05) is 24.1 Å². The van der Waals surface area contributed by atoms with Gasteiger partial charge in [0.15, 0.2) is 5.79 Å². The number of carbonyl (C=O) groups is 1. The molecule has 2 saturated heterocycles. The maximum absolute atomic E-state index is 14.3. The van der Waals surface area contributed by atoms with Crippen LogP contribution in [0.15, 0.2) is 18.2 Å². The van der Waals surface area contributed by atoms with Crippen molar-refractivity contribution in [3.05, 3.63) is 29.6 Å². The van der Waals surface area contributed by atoms with E-state index in [1.165, 1.54) is 6.07 Å². The van der Waals surface area contributed by atoms with Crippen molar-refractivity contribution in [2.75, 3.05) is 32.0 Å². The first-order valence-corrected chi connectivity index (χ1v) is 11.6. The topological polar surface area (TPSA) is 83.3 Å². The molecule has 32 heavy (non-hydrogen) atoms. The van der Waals surface area contributed by atoms with Crippen molar-refractivity contribution in [3.8, 4) is 0 Å². The Labute approximate surface area is 189 Å². The molecular weight excluding hydrogens is 415 g/mol. The van der Waals surface area contributed by atoms with Gasteiger partial charge in [-0.25, -0.2) is 9.18 Å². The number of nitrogens with two attached hydrogens (primary N) is 1. The second-order valence-corrected chi connectivity index (χ2v) is 10.3. The van der Waals surface area contributed by atoms with E-state index in [9.17, 15) is 9.18 Å². The Balaban J connectivity index is 1.53. The number of rotatable bonds is 3. The zero-order valence-electron chi connectivity index (χ0n) is 19.3. The molecule has 0 radical (unpaired) electrons. The van der Waals surface area contributed by atoms with Crippen LogP contribution < -0.4 is 5.73 Å². The zero-order valence-corrected chi connectivity index (χ0v) is 19.3. The molecule has 1 aromatic rings. The molecular formula is C24H35FN2O5.